The van der Waals surface area contributed by atoms with Crippen molar-refractivity contribution in [3.8, 4) is 0 Å². The molecule has 0 amide bonds. The quantitative estimate of drug-likeness (QED) is 0.646. The highest BCUT2D eigenvalue weighted by Gasteiger charge is 2.30. The minimum absolute atomic E-state index is 0.567. The van der Waals surface area contributed by atoms with Crippen LogP contribution in [0.1, 0.15) is 31.7 Å². The maximum atomic E-state index is 11.1. The van der Waals surface area contributed by atoms with E-state index in [1.54, 1.807) is 14.0 Å². The van der Waals surface area contributed by atoms with Gasteiger partial charge in [0.2, 0.25) is 0 Å². The fraction of sp³-hybridized carbons (Fsp3) is 0.562. The van der Waals surface area contributed by atoms with Gasteiger partial charge in [0.25, 0.3) is 0 Å². The smallest absolute Gasteiger partial charge is 0.323 e. The summed E-state index contributed by atoms with van der Waals surface area (Å²) in [6.07, 6.45) is 3.32. The zero-order valence-corrected chi connectivity index (χ0v) is 12.4. The van der Waals surface area contributed by atoms with Crippen molar-refractivity contribution in [3.05, 3.63) is 35.9 Å². The van der Waals surface area contributed by atoms with Gasteiger partial charge in [-0.3, -0.25) is 4.79 Å². The van der Waals surface area contributed by atoms with Gasteiger partial charge >= 0.3 is 5.97 Å². The van der Waals surface area contributed by atoms with Gasteiger partial charge in [-0.25, -0.2) is 0 Å². The van der Waals surface area contributed by atoms with E-state index in [1.165, 1.54) is 5.56 Å². The predicted molar refractivity (Wildman–Crippen MR) is 79.9 cm³/mol. The predicted octanol–water partition coefficient (Wildman–Crippen LogP) is 2.48. The highest BCUT2D eigenvalue weighted by Crippen LogP contribution is 2.12. The number of hydrogen-bond acceptors (Lipinski definition) is 3. The van der Waals surface area contributed by atoms with Crippen LogP contribution in [0.3, 0.4) is 0 Å². The molecule has 1 rings (SSSR count). The van der Waals surface area contributed by atoms with Gasteiger partial charge in [-0.2, -0.15) is 0 Å². The Bertz CT molecular complexity index is 394. The van der Waals surface area contributed by atoms with Gasteiger partial charge in [0.15, 0.2) is 0 Å². The van der Waals surface area contributed by atoms with Crippen LogP contribution in [0.5, 0.6) is 0 Å². The first-order chi connectivity index (χ1) is 9.58. The van der Waals surface area contributed by atoms with Crippen LogP contribution in [0.25, 0.3) is 0 Å². The van der Waals surface area contributed by atoms with Crippen LogP contribution in [0.2, 0.25) is 0 Å². The van der Waals surface area contributed by atoms with Gasteiger partial charge < -0.3 is 15.2 Å². The van der Waals surface area contributed by atoms with Gasteiger partial charge in [0.1, 0.15) is 5.54 Å². The third kappa shape index (κ3) is 5.72. The molecule has 2 N–H and O–H groups in total. The molecule has 0 fully saturated rings. The average Bonchev–Trinajstić information content (AvgIpc) is 2.46. The summed E-state index contributed by atoms with van der Waals surface area (Å²) in [5.41, 5.74) is 0.470. The lowest BCUT2D eigenvalue weighted by Gasteiger charge is -2.23. The molecule has 20 heavy (non-hydrogen) atoms. The van der Waals surface area contributed by atoms with Crippen molar-refractivity contribution in [2.45, 2.75) is 38.1 Å². The lowest BCUT2D eigenvalue weighted by Crippen LogP contribution is -2.47. The first kappa shape index (κ1) is 16.7. The number of carbonyl (C=O) groups is 1. The van der Waals surface area contributed by atoms with Crippen molar-refractivity contribution in [1.82, 2.24) is 5.32 Å². The van der Waals surface area contributed by atoms with Crippen molar-refractivity contribution in [2.75, 3.05) is 20.3 Å². The fourth-order valence-corrected chi connectivity index (χ4v) is 1.99. The summed E-state index contributed by atoms with van der Waals surface area (Å²) in [5.74, 6) is -0.816. The summed E-state index contributed by atoms with van der Waals surface area (Å²) in [5, 5.41) is 11.9. The van der Waals surface area contributed by atoms with Crippen LogP contribution < -0.4 is 5.32 Å². The molecular formula is C16H25NO3. The third-order valence-electron chi connectivity index (χ3n) is 3.59. The molecule has 1 unspecified atom stereocenters. The number of ether oxygens (including phenoxy) is 1. The molecule has 0 bridgehead atoms. The molecular weight excluding hydrogens is 254 g/mol. The largest absolute Gasteiger partial charge is 0.480 e. The number of nitrogens with one attached hydrogen (secondary N) is 1. The third-order valence-corrected chi connectivity index (χ3v) is 3.59. The molecule has 0 spiro atoms. The fourth-order valence-electron chi connectivity index (χ4n) is 1.99. The Kier molecular flexibility index (Phi) is 7.26. The van der Waals surface area contributed by atoms with Gasteiger partial charge in [0.05, 0.1) is 0 Å². The SMILES string of the molecule is CNC(C)(CCCOCCCc1ccccc1)C(=O)O. The van der Waals surface area contributed by atoms with E-state index in [-0.39, 0.29) is 0 Å². The van der Waals surface area contributed by atoms with Gasteiger partial charge in [0, 0.05) is 13.2 Å². The zero-order chi connectivity index (χ0) is 14.8. The van der Waals surface area contributed by atoms with Crippen LogP contribution in [0, 0.1) is 0 Å². The molecule has 4 nitrogen and oxygen atoms in total. The standard InChI is InChI=1S/C16H25NO3/c1-16(17-2,15(18)19)11-7-13-20-12-6-10-14-8-4-3-5-9-14/h3-5,8-9,17H,6-7,10-13H2,1-2H3,(H,18,19). The number of carboxylic acids is 1. The van der Waals surface area contributed by atoms with Gasteiger partial charge in [-0.05, 0) is 45.2 Å². The molecule has 0 aliphatic heterocycles. The second-order valence-corrected chi connectivity index (χ2v) is 5.19. The van der Waals surface area contributed by atoms with Crippen molar-refractivity contribution in [1.29, 1.82) is 0 Å². The van der Waals surface area contributed by atoms with E-state index in [0.29, 0.717) is 13.0 Å². The minimum Gasteiger partial charge on any atom is -0.480 e. The summed E-state index contributed by atoms with van der Waals surface area (Å²) in [6.45, 7) is 3.03. The molecule has 0 aliphatic rings. The first-order valence-corrected chi connectivity index (χ1v) is 7.12. The normalized spacial score (nSPS) is 13.9. The molecule has 0 saturated carbocycles. The second-order valence-electron chi connectivity index (χ2n) is 5.19. The molecule has 4 heteroatoms. The van der Waals surface area contributed by atoms with Crippen molar-refractivity contribution >= 4 is 5.97 Å². The Morgan fingerprint density at radius 2 is 1.90 bits per heavy atom. The van der Waals surface area contributed by atoms with Crippen molar-refractivity contribution < 1.29 is 14.6 Å². The summed E-state index contributed by atoms with van der Waals surface area (Å²) < 4.78 is 5.55. The Balaban J connectivity index is 2.07. The lowest BCUT2D eigenvalue weighted by molar-refractivity contribution is -0.144. The van der Waals surface area contributed by atoms with Gasteiger partial charge in [-0.1, -0.05) is 30.3 Å². The average molecular weight is 279 g/mol. The van der Waals surface area contributed by atoms with E-state index in [9.17, 15) is 4.79 Å². The van der Waals surface area contributed by atoms with Crippen molar-refractivity contribution in [3.63, 3.8) is 0 Å². The molecule has 1 aromatic rings. The zero-order valence-electron chi connectivity index (χ0n) is 12.4. The maximum absolute atomic E-state index is 11.1. The Hall–Kier alpha value is -1.39. The number of rotatable bonds is 10. The number of benzene rings is 1. The Morgan fingerprint density at radius 3 is 2.50 bits per heavy atom. The van der Waals surface area contributed by atoms with Crippen LogP contribution in [0.4, 0.5) is 0 Å². The van der Waals surface area contributed by atoms with Crippen LogP contribution >= 0.6 is 0 Å². The Morgan fingerprint density at radius 1 is 1.25 bits per heavy atom. The minimum atomic E-state index is -0.854. The number of aliphatic carboxylic acids is 1. The van der Waals surface area contributed by atoms with E-state index in [0.717, 1.165) is 25.9 Å². The Labute approximate surface area is 121 Å². The van der Waals surface area contributed by atoms with Crippen molar-refractivity contribution in [2.24, 2.45) is 0 Å². The van der Waals surface area contributed by atoms with Crippen LogP contribution in [-0.2, 0) is 16.0 Å². The molecule has 1 aromatic carbocycles. The van der Waals surface area contributed by atoms with E-state index >= 15 is 0 Å². The molecule has 112 valence electrons. The highest BCUT2D eigenvalue weighted by molar-refractivity contribution is 5.78. The second kappa shape index (κ2) is 8.72. The molecule has 0 heterocycles. The van der Waals surface area contributed by atoms with Gasteiger partial charge in [-0.15, -0.1) is 0 Å². The number of likely N-dealkylation sites (N-methyl/N-ethyl adjacent to an activating group) is 1. The summed E-state index contributed by atoms with van der Waals surface area (Å²) in [6, 6.07) is 10.3. The molecule has 1 atom stereocenters. The molecule has 0 aliphatic carbocycles. The van der Waals surface area contributed by atoms with E-state index in [4.69, 9.17) is 9.84 Å². The van der Waals surface area contributed by atoms with Crippen LogP contribution in [0.15, 0.2) is 30.3 Å². The first-order valence-electron chi connectivity index (χ1n) is 7.12. The molecule has 0 saturated heterocycles. The summed E-state index contributed by atoms with van der Waals surface area (Å²) in [7, 11) is 1.68. The summed E-state index contributed by atoms with van der Waals surface area (Å²) >= 11 is 0. The monoisotopic (exact) mass is 279 g/mol. The van der Waals surface area contributed by atoms with Crippen LogP contribution in [-0.4, -0.2) is 36.9 Å². The van der Waals surface area contributed by atoms with E-state index in [2.05, 4.69) is 17.4 Å². The lowest BCUT2D eigenvalue weighted by atomic mass is 9.96. The van der Waals surface area contributed by atoms with E-state index < -0.39 is 11.5 Å². The number of aryl methyl sites for hydroxylation is 1. The maximum Gasteiger partial charge on any atom is 0.323 e. The number of hydrogen-bond donors (Lipinski definition) is 2. The number of carboxylic acid groups (broad SMARTS) is 1. The highest BCUT2D eigenvalue weighted by atomic mass is 16.5. The molecule has 0 radical (unpaired) electrons. The topological polar surface area (TPSA) is 58.6 Å². The van der Waals surface area contributed by atoms with E-state index in [1.807, 2.05) is 18.2 Å². The molecule has 0 aromatic heterocycles. The summed E-state index contributed by atoms with van der Waals surface area (Å²) in [4.78, 5) is 11.1.